The lowest BCUT2D eigenvalue weighted by Gasteiger charge is -2.19. The number of carboxylic acid groups (broad SMARTS) is 1. The molecule has 0 saturated heterocycles. The predicted octanol–water partition coefficient (Wildman–Crippen LogP) is 5.34. The van der Waals surface area contributed by atoms with Crippen molar-refractivity contribution in [1.29, 1.82) is 0 Å². The third kappa shape index (κ3) is 4.05. The first-order chi connectivity index (χ1) is 14.8. The third-order valence-corrected chi connectivity index (χ3v) is 5.14. The van der Waals surface area contributed by atoms with Gasteiger partial charge in [-0.25, -0.2) is 9.78 Å². The number of pyridine rings is 1. The molecule has 0 spiro atoms. The number of hydrogen-bond donors (Lipinski definition) is 2. The van der Waals surface area contributed by atoms with Crippen LogP contribution in [0, 0.1) is 13.8 Å². The Morgan fingerprint density at radius 2 is 1.81 bits per heavy atom. The van der Waals surface area contributed by atoms with Crippen LogP contribution in [0.2, 0.25) is 0 Å². The van der Waals surface area contributed by atoms with Crippen LogP contribution in [-0.2, 0) is 0 Å². The van der Waals surface area contributed by atoms with E-state index in [1.807, 2.05) is 56.3 Å². The molecule has 0 fully saturated rings. The number of benzene rings is 2. The molecule has 0 aliphatic heterocycles. The number of carboxylic acids is 1. The van der Waals surface area contributed by atoms with Gasteiger partial charge in [0.05, 0.1) is 17.1 Å². The molecule has 6 nitrogen and oxygen atoms in total. The lowest BCUT2D eigenvalue weighted by atomic mass is 10.0. The summed E-state index contributed by atoms with van der Waals surface area (Å²) in [5.41, 5.74) is 3.82. The first kappa shape index (κ1) is 20.3. The van der Waals surface area contributed by atoms with Crippen LogP contribution in [0.25, 0.3) is 22.3 Å². The van der Waals surface area contributed by atoms with Crippen molar-refractivity contribution in [3.8, 4) is 11.3 Å². The average Bonchev–Trinajstić information content (AvgIpc) is 2.75. The van der Waals surface area contributed by atoms with E-state index in [2.05, 4.69) is 10.3 Å². The van der Waals surface area contributed by atoms with Gasteiger partial charge in [0.15, 0.2) is 11.1 Å². The van der Waals surface area contributed by atoms with Gasteiger partial charge in [0.2, 0.25) is 0 Å². The molecular formula is C25H22N2O4. The second-order valence-electron chi connectivity index (χ2n) is 7.59. The smallest absolute Gasteiger partial charge is 0.356 e. The maximum atomic E-state index is 12.9. The van der Waals surface area contributed by atoms with Crippen LogP contribution in [0.1, 0.15) is 40.3 Å². The number of nitrogens with zero attached hydrogens (tertiary/aromatic N) is 1. The molecule has 0 aliphatic carbocycles. The van der Waals surface area contributed by atoms with Crippen LogP contribution in [0.15, 0.2) is 69.9 Å². The van der Waals surface area contributed by atoms with Gasteiger partial charge in [-0.1, -0.05) is 36.4 Å². The molecule has 0 saturated carbocycles. The molecule has 156 valence electrons. The van der Waals surface area contributed by atoms with E-state index in [1.165, 1.54) is 6.07 Å². The predicted molar refractivity (Wildman–Crippen MR) is 121 cm³/mol. The van der Waals surface area contributed by atoms with Gasteiger partial charge in [-0.2, -0.15) is 0 Å². The maximum absolute atomic E-state index is 12.9. The Kier molecular flexibility index (Phi) is 5.29. The quantitative estimate of drug-likeness (QED) is 0.458. The summed E-state index contributed by atoms with van der Waals surface area (Å²) in [6, 6.07) is 17.8. The maximum Gasteiger partial charge on any atom is 0.356 e. The number of carbonyl (C=O) groups is 1. The molecule has 0 bridgehead atoms. The van der Waals surface area contributed by atoms with Crippen molar-refractivity contribution in [2.75, 3.05) is 5.32 Å². The second-order valence-corrected chi connectivity index (χ2v) is 7.59. The van der Waals surface area contributed by atoms with E-state index >= 15 is 0 Å². The van der Waals surface area contributed by atoms with Crippen molar-refractivity contribution in [2.24, 2.45) is 0 Å². The Morgan fingerprint density at radius 1 is 1.06 bits per heavy atom. The number of aromatic carboxylic acids is 1. The van der Waals surface area contributed by atoms with Gasteiger partial charge in [-0.3, -0.25) is 4.79 Å². The average molecular weight is 414 g/mol. The minimum Gasteiger partial charge on any atom is -0.476 e. The van der Waals surface area contributed by atoms with Gasteiger partial charge >= 0.3 is 5.97 Å². The molecule has 2 N–H and O–H groups in total. The summed E-state index contributed by atoms with van der Waals surface area (Å²) >= 11 is 0. The van der Waals surface area contributed by atoms with E-state index in [1.54, 1.807) is 19.1 Å². The molecule has 4 rings (SSSR count). The summed E-state index contributed by atoms with van der Waals surface area (Å²) < 4.78 is 6.20. The van der Waals surface area contributed by atoms with Crippen LogP contribution in [0.4, 0.5) is 5.69 Å². The standard InChI is InChI=1S/C25H22N2O4/c1-14-11-18(16(3)27-20-10-9-15(2)26-23(20)25(29)30)24-19(12-14)21(28)13-22(31-24)17-7-5-4-6-8-17/h4-13,16,27H,1-3H3,(H,29,30)/t16-/m1/s1. The number of anilines is 1. The monoisotopic (exact) mass is 414 g/mol. The zero-order chi connectivity index (χ0) is 22.1. The zero-order valence-corrected chi connectivity index (χ0v) is 17.5. The summed E-state index contributed by atoms with van der Waals surface area (Å²) in [6.45, 7) is 5.55. The first-order valence-electron chi connectivity index (χ1n) is 9.95. The molecule has 1 atom stereocenters. The number of aryl methyl sites for hydroxylation is 2. The minimum absolute atomic E-state index is 0.0461. The third-order valence-electron chi connectivity index (χ3n) is 5.14. The van der Waals surface area contributed by atoms with Crippen LogP contribution in [0.5, 0.6) is 0 Å². The van der Waals surface area contributed by atoms with E-state index in [0.717, 1.165) is 16.7 Å². The van der Waals surface area contributed by atoms with E-state index < -0.39 is 5.97 Å². The normalized spacial score (nSPS) is 12.0. The molecule has 0 radical (unpaired) electrons. The van der Waals surface area contributed by atoms with E-state index in [4.69, 9.17) is 4.42 Å². The molecule has 4 aromatic rings. The first-order valence-corrected chi connectivity index (χ1v) is 9.95. The largest absolute Gasteiger partial charge is 0.476 e. The van der Waals surface area contributed by atoms with Crippen molar-refractivity contribution in [1.82, 2.24) is 4.98 Å². The molecule has 0 aliphatic rings. The van der Waals surface area contributed by atoms with Crippen molar-refractivity contribution in [3.63, 3.8) is 0 Å². The van der Waals surface area contributed by atoms with E-state index in [9.17, 15) is 14.7 Å². The molecule has 6 heteroatoms. The van der Waals surface area contributed by atoms with Gasteiger partial charge in [0.1, 0.15) is 11.3 Å². The lowest BCUT2D eigenvalue weighted by Crippen LogP contribution is -2.14. The molecule has 2 aromatic carbocycles. The Morgan fingerprint density at radius 3 is 2.52 bits per heavy atom. The SMILES string of the molecule is Cc1cc([C@@H](C)Nc2ccc(C)nc2C(=O)O)c2oc(-c3ccccc3)cc(=O)c2c1. The molecule has 2 heterocycles. The molecule has 31 heavy (non-hydrogen) atoms. The number of fused-ring (bicyclic) bond motifs is 1. The van der Waals surface area contributed by atoms with E-state index in [-0.39, 0.29) is 17.2 Å². The van der Waals surface area contributed by atoms with Gasteiger partial charge in [-0.05, 0) is 44.5 Å². The minimum atomic E-state index is -1.11. The van der Waals surface area contributed by atoms with Crippen molar-refractivity contribution < 1.29 is 14.3 Å². The van der Waals surface area contributed by atoms with Crippen molar-refractivity contribution in [2.45, 2.75) is 26.8 Å². The fourth-order valence-corrected chi connectivity index (χ4v) is 3.65. The summed E-state index contributed by atoms with van der Waals surface area (Å²) in [5, 5.41) is 13.2. The van der Waals surface area contributed by atoms with Crippen molar-refractivity contribution >= 4 is 22.6 Å². The van der Waals surface area contributed by atoms with Crippen molar-refractivity contribution in [3.05, 3.63) is 93.4 Å². The van der Waals surface area contributed by atoms with Gasteiger partial charge in [0.25, 0.3) is 0 Å². The molecular weight excluding hydrogens is 392 g/mol. The van der Waals surface area contributed by atoms with E-state index in [0.29, 0.717) is 28.1 Å². The summed E-state index contributed by atoms with van der Waals surface area (Å²) in [4.78, 5) is 28.6. The Hall–Kier alpha value is -3.93. The number of aromatic nitrogens is 1. The Balaban J connectivity index is 1.84. The second kappa shape index (κ2) is 8.07. The highest BCUT2D eigenvalue weighted by atomic mass is 16.4. The highest BCUT2D eigenvalue weighted by Gasteiger charge is 2.19. The number of rotatable bonds is 5. The fourth-order valence-electron chi connectivity index (χ4n) is 3.65. The lowest BCUT2D eigenvalue weighted by molar-refractivity contribution is 0.0691. The number of nitrogens with one attached hydrogen (secondary N) is 1. The van der Waals surface area contributed by atoms with Gasteiger partial charge in [-0.15, -0.1) is 0 Å². The Bertz CT molecular complexity index is 1340. The molecule has 0 amide bonds. The molecule has 2 aromatic heterocycles. The van der Waals surface area contributed by atoms with Crippen LogP contribution >= 0.6 is 0 Å². The Labute approximate surface area is 179 Å². The summed E-state index contributed by atoms with van der Waals surface area (Å²) in [5.74, 6) is -0.621. The van der Waals surface area contributed by atoms with Gasteiger partial charge < -0.3 is 14.8 Å². The van der Waals surface area contributed by atoms with Crippen LogP contribution in [-0.4, -0.2) is 16.1 Å². The summed E-state index contributed by atoms with van der Waals surface area (Å²) in [6.07, 6.45) is 0. The summed E-state index contributed by atoms with van der Waals surface area (Å²) in [7, 11) is 0. The highest BCUT2D eigenvalue weighted by Crippen LogP contribution is 2.31. The zero-order valence-electron chi connectivity index (χ0n) is 17.5. The topological polar surface area (TPSA) is 92.4 Å². The number of hydrogen-bond acceptors (Lipinski definition) is 5. The van der Waals surface area contributed by atoms with Crippen LogP contribution < -0.4 is 10.7 Å². The molecule has 0 unspecified atom stereocenters. The fraction of sp³-hybridized carbons (Fsp3) is 0.160. The van der Waals surface area contributed by atoms with Crippen LogP contribution in [0.3, 0.4) is 0 Å². The van der Waals surface area contributed by atoms with Gasteiger partial charge in [0, 0.05) is 22.9 Å². The highest BCUT2D eigenvalue weighted by molar-refractivity contribution is 5.92.